The number of imidazole rings is 1. The van der Waals surface area contributed by atoms with Crippen molar-refractivity contribution in [1.29, 1.82) is 0 Å². The van der Waals surface area contributed by atoms with Crippen LogP contribution < -0.4 is 11.1 Å². The SMILES string of the molecule is O=C(CCCn1c(=O)oc2ccccc21)Nc1cccc(Cn2ccnc2)c1. The molecule has 1 amide bonds. The average Bonchev–Trinajstić information content (AvgIpc) is 3.30. The van der Waals surface area contributed by atoms with Gasteiger partial charge >= 0.3 is 5.76 Å². The third-order valence-corrected chi connectivity index (χ3v) is 4.49. The van der Waals surface area contributed by atoms with E-state index in [0.29, 0.717) is 31.5 Å². The molecule has 0 radical (unpaired) electrons. The standard InChI is InChI=1S/C21H20N4O3/c26-20(9-4-11-25-18-7-1-2-8-19(18)28-21(25)27)23-17-6-3-5-16(13-17)14-24-12-10-22-15-24/h1-3,5-8,10,12-13,15H,4,9,11,14H2,(H,23,26). The van der Waals surface area contributed by atoms with Crippen molar-refractivity contribution in [1.82, 2.24) is 14.1 Å². The smallest absolute Gasteiger partial charge is 0.408 e. The lowest BCUT2D eigenvalue weighted by molar-refractivity contribution is -0.116. The first-order valence-electron chi connectivity index (χ1n) is 9.12. The van der Waals surface area contributed by atoms with Gasteiger partial charge in [-0.05, 0) is 36.2 Å². The average molecular weight is 376 g/mol. The summed E-state index contributed by atoms with van der Waals surface area (Å²) < 4.78 is 8.74. The Morgan fingerprint density at radius 2 is 2.04 bits per heavy atom. The Labute approximate surface area is 161 Å². The lowest BCUT2D eigenvalue weighted by atomic mass is 10.2. The number of carbonyl (C=O) groups excluding carboxylic acids is 1. The molecule has 7 heteroatoms. The van der Waals surface area contributed by atoms with E-state index in [1.807, 2.05) is 53.2 Å². The van der Waals surface area contributed by atoms with Crippen molar-refractivity contribution in [3.05, 3.63) is 83.4 Å². The summed E-state index contributed by atoms with van der Waals surface area (Å²) in [7, 11) is 0. The molecule has 142 valence electrons. The number of aryl methyl sites for hydroxylation is 1. The van der Waals surface area contributed by atoms with Crippen LogP contribution in [0.15, 0.2) is 76.5 Å². The zero-order valence-electron chi connectivity index (χ0n) is 15.2. The molecule has 0 bridgehead atoms. The predicted octanol–water partition coefficient (Wildman–Crippen LogP) is 3.26. The second kappa shape index (κ2) is 7.96. The van der Waals surface area contributed by atoms with Crippen LogP contribution in [-0.4, -0.2) is 20.0 Å². The number of anilines is 1. The highest BCUT2D eigenvalue weighted by molar-refractivity contribution is 5.90. The van der Waals surface area contributed by atoms with Crippen LogP contribution in [0.5, 0.6) is 0 Å². The van der Waals surface area contributed by atoms with Gasteiger partial charge in [-0.1, -0.05) is 24.3 Å². The Morgan fingerprint density at radius 1 is 1.14 bits per heavy atom. The molecule has 0 fully saturated rings. The zero-order chi connectivity index (χ0) is 19.3. The molecule has 0 unspecified atom stereocenters. The van der Waals surface area contributed by atoms with E-state index >= 15 is 0 Å². The number of nitrogens with zero attached hydrogens (tertiary/aromatic N) is 3. The highest BCUT2D eigenvalue weighted by atomic mass is 16.4. The van der Waals surface area contributed by atoms with Crippen molar-refractivity contribution >= 4 is 22.7 Å². The number of aromatic nitrogens is 3. The van der Waals surface area contributed by atoms with Crippen LogP contribution in [0.2, 0.25) is 0 Å². The van der Waals surface area contributed by atoms with Gasteiger partial charge in [-0.15, -0.1) is 0 Å². The highest BCUT2D eigenvalue weighted by Gasteiger charge is 2.09. The van der Waals surface area contributed by atoms with Crippen LogP contribution in [0.4, 0.5) is 5.69 Å². The molecule has 0 aliphatic heterocycles. The Morgan fingerprint density at radius 3 is 2.89 bits per heavy atom. The molecule has 4 aromatic rings. The van der Waals surface area contributed by atoms with E-state index in [9.17, 15) is 9.59 Å². The number of oxazole rings is 1. The maximum atomic E-state index is 12.3. The number of fused-ring (bicyclic) bond motifs is 1. The molecule has 0 aliphatic carbocycles. The summed E-state index contributed by atoms with van der Waals surface area (Å²) in [4.78, 5) is 28.3. The molecule has 1 N–H and O–H groups in total. The monoisotopic (exact) mass is 376 g/mol. The largest absolute Gasteiger partial charge is 0.419 e. The molecule has 0 saturated heterocycles. The summed E-state index contributed by atoms with van der Waals surface area (Å²) in [5, 5.41) is 2.92. The number of para-hydroxylation sites is 2. The molecule has 2 heterocycles. The van der Waals surface area contributed by atoms with Gasteiger partial charge in [0.25, 0.3) is 0 Å². The summed E-state index contributed by atoms with van der Waals surface area (Å²) in [6.45, 7) is 1.13. The van der Waals surface area contributed by atoms with Crippen molar-refractivity contribution in [3.8, 4) is 0 Å². The fourth-order valence-electron chi connectivity index (χ4n) is 3.19. The number of amides is 1. The first-order chi connectivity index (χ1) is 13.7. The highest BCUT2D eigenvalue weighted by Crippen LogP contribution is 2.14. The normalized spacial score (nSPS) is 11.0. The minimum Gasteiger partial charge on any atom is -0.408 e. The number of hydrogen-bond donors (Lipinski definition) is 1. The zero-order valence-corrected chi connectivity index (χ0v) is 15.2. The second-order valence-corrected chi connectivity index (χ2v) is 6.57. The summed E-state index contributed by atoms with van der Waals surface area (Å²) >= 11 is 0. The lowest BCUT2D eigenvalue weighted by Gasteiger charge is -2.08. The quantitative estimate of drug-likeness (QED) is 0.537. The maximum absolute atomic E-state index is 12.3. The summed E-state index contributed by atoms with van der Waals surface area (Å²) in [6.07, 6.45) is 6.25. The van der Waals surface area contributed by atoms with Gasteiger partial charge in [0.15, 0.2) is 5.58 Å². The first kappa shape index (κ1) is 17.8. The van der Waals surface area contributed by atoms with Gasteiger partial charge in [-0.2, -0.15) is 0 Å². The fourth-order valence-corrected chi connectivity index (χ4v) is 3.19. The minimum atomic E-state index is -0.395. The van der Waals surface area contributed by atoms with Gasteiger partial charge in [-0.3, -0.25) is 9.36 Å². The van der Waals surface area contributed by atoms with Crippen molar-refractivity contribution < 1.29 is 9.21 Å². The van der Waals surface area contributed by atoms with Crippen LogP contribution in [0.25, 0.3) is 11.1 Å². The predicted molar refractivity (Wildman–Crippen MR) is 106 cm³/mol. The number of carbonyl (C=O) groups is 1. The molecule has 0 saturated carbocycles. The fraction of sp³-hybridized carbons (Fsp3) is 0.190. The van der Waals surface area contributed by atoms with E-state index in [2.05, 4.69) is 10.3 Å². The number of nitrogens with one attached hydrogen (secondary N) is 1. The summed E-state index contributed by atoms with van der Waals surface area (Å²) in [5.74, 6) is -0.477. The van der Waals surface area contributed by atoms with E-state index in [0.717, 1.165) is 16.8 Å². The molecule has 2 aromatic carbocycles. The van der Waals surface area contributed by atoms with Gasteiger partial charge in [0.1, 0.15) is 0 Å². The Balaban J connectivity index is 1.33. The molecule has 0 spiro atoms. The van der Waals surface area contributed by atoms with E-state index in [1.54, 1.807) is 23.2 Å². The van der Waals surface area contributed by atoms with E-state index < -0.39 is 5.76 Å². The van der Waals surface area contributed by atoms with Gasteiger partial charge in [0.2, 0.25) is 5.91 Å². The first-order valence-corrected chi connectivity index (χ1v) is 9.12. The van der Waals surface area contributed by atoms with Gasteiger partial charge in [0, 0.05) is 37.6 Å². The van der Waals surface area contributed by atoms with Crippen molar-refractivity contribution in [2.75, 3.05) is 5.32 Å². The van der Waals surface area contributed by atoms with Crippen LogP contribution >= 0.6 is 0 Å². The Kier molecular flexibility index (Phi) is 5.05. The van der Waals surface area contributed by atoms with Crippen molar-refractivity contribution in [3.63, 3.8) is 0 Å². The molecule has 4 rings (SSSR count). The van der Waals surface area contributed by atoms with Gasteiger partial charge in [0.05, 0.1) is 11.8 Å². The van der Waals surface area contributed by atoms with E-state index in [-0.39, 0.29) is 5.91 Å². The summed E-state index contributed by atoms with van der Waals surface area (Å²) in [6, 6.07) is 15.0. The summed E-state index contributed by atoms with van der Waals surface area (Å²) in [5.41, 5.74) is 3.15. The van der Waals surface area contributed by atoms with Crippen molar-refractivity contribution in [2.24, 2.45) is 0 Å². The lowest BCUT2D eigenvalue weighted by Crippen LogP contribution is -2.17. The third kappa shape index (κ3) is 4.03. The van der Waals surface area contributed by atoms with Crippen LogP contribution in [0.3, 0.4) is 0 Å². The molecule has 2 aromatic heterocycles. The number of benzene rings is 2. The van der Waals surface area contributed by atoms with Crippen LogP contribution in [0.1, 0.15) is 18.4 Å². The molecular formula is C21H20N4O3. The Hall–Kier alpha value is -3.61. The van der Waals surface area contributed by atoms with E-state index in [4.69, 9.17) is 4.42 Å². The molecule has 7 nitrogen and oxygen atoms in total. The topological polar surface area (TPSA) is 82.1 Å². The maximum Gasteiger partial charge on any atom is 0.419 e. The van der Waals surface area contributed by atoms with Crippen LogP contribution in [0, 0.1) is 0 Å². The third-order valence-electron chi connectivity index (χ3n) is 4.49. The number of rotatable bonds is 7. The van der Waals surface area contributed by atoms with Crippen molar-refractivity contribution in [2.45, 2.75) is 25.9 Å². The second-order valence-electron chi connectivity index (χ2n) is 6.57. The Bertz CT molecular complexity index is 1140. The number of hydrogen-bond acceptors (Lipinski definition) is 4. The van der Waals surface area contributed by atoms with Crippen LogP contribution in [-0.2, 0) is 17.9 Å². The molecule has 28 heavy (non-hydrogen) atoms. The van der Waals surface area contributed by atoms with Gasteiger partial charge in [-0.25, -0.2) is 9.78 Å². The minimum absolute atomic E-state index is 0.0827. The van der Waals surface area contributed by atoms with Gasteiger partial charge < -0.3 is 14.3 Å². The molecule has 0 aliphatic rings. The van der Waals surface area contributed by atoms with E-state index in [1.165, 1.54) is 0 Å². The molecule has 0 atom stereocenters. The molecular weight excluding hydrogens is 356 g/mol.